The van der Waals surface area contributed by atoms with Crippen LogP contribution in [-0.4, -0.2) is 32.2 Å². The Morgan fingerprint density at radius 1 is 1.38 bits per heavy atom. The van der Waals surface area contributed by atoms with Gasteiger partial charge in [0, 0.05) is 14.1 Å². The molecule has 0 unspecified atom stereocenters. The van der Waals surface area contributed by atoms with Gasteiger partial charge in [-0.15, -0.1) is 0 Å². The van der Waals surface area contributed by atoms with Crippen LogP contribution in [-0.2, 0) is 9.63 Å². The number of likely N-dealkylation sites (N-methyl/N-ethyl adjacent to an activating group) is 2. The van der Waals surface area contributed by atoms with Gasteiger partial charge >= 0.3 is 0 Å². The number of carbonyl (C=O) groups excluding carboxylic acids is 1. The molecular weight excluding hydrogens is 204 g/mol. The van der Waals surface area contributed by atoms with E-state index < -0.39 is 0 Å². The summed E-state index contributed by atoms with van der Waals surface area (Å²) < 4.78 is 0. The SMILES string of the molecule is CN/C(=C/c1ccccc1)C(=O)N(C)OC. The summed E-state index contributed by atoms with van der Waals surface area (Å²) >= 11 is 0. The second kappa shape index (κ2) is 5.92. The van der Waals surface area contributed by atoms with E-state index in [4.69, 9.17) is 4.84 Å². The van der Waals surface area contributed by atoms with Crippen LogP contribution >= 0.6 is 0 Å². The van der Waals surface area contributed by atoms with E-state index in [1.165, 1.54) is 12.2 Å². The Labute approximate surface area is 95.5 Å². The van der Waals surface area contributed by atoms with Crippen LogP contribution in [0.4, 0.5) is 0 Å². The molecule has 4 heteroatoms. The van der Waals surface area contributed by atoms with Crippen molar-refractivity contribution >= 4 is 12.0 Å². The first-order valence-electron chi connectivity index (χ1n) is 4.95. The van der Waals surface area contributed by atoms with E-state index in [0.29, 0.717) is 5.70 Å². The zero-order chi connectivity index (χ0) is 12.0. The minimum Gasteiger partial charge on any atom is -0.384 e. The molecule has 1 rings (SSSR count). The third kappa shape index (κ3) is 3.10. The lowest BCUT2D eigenvalue weighted by Crippen LogP contribution is -2.31. The van der Waals surface area contributed by atoms with Crippen LogP contribution in [0, 0.1) is 0 Å². The number of hydroxylamine groups is 2. The molecule has 86 valence electrons. The molecule has 1 amide bonds. The summed E-state index contributed by atoms with van der Waals surface area (Å²) in [4.78, 5) is 16.6. The van der Waals surface area contributed by atoms with Gasteiger partial charge in [-0.3, -0.25) is 9.63 Å². The van der Waals surface area contributed by atoms with E-state index in [1.54, 1.807) is 20.2 Å². The fourth-order valence-corrected chi connectivity index (χ4v) is 1.21. The van der Waals surface area contributed by atoms with E-state index in [-0.39, 0.29) is 5.91 Å². The van der Waals surface area contributed by atoms with Crippen molar-refractivity contribution in [2.75, 3.05) is 21.2 Å². The van der Waals surface area contributed by atoms with Gasteiger partial charge in [0.2, 0.25) is 0 Å². The van der Waals surface area contributed by atoms with E-state index in [9.17, 15) is 4.79 Å². The molecule has 0 heterocycles. The maximum atomic E-state index is 11.8. The quantitative estimate of drug-likeness (QED) is 0.613. The number of nitrogens with one attached hydrogen (secondary N) is 1. The lowest BCUT2D eigenvalue weighted by Gasteiger charge is -2.15. The minimum atomic E-state index is -0.214. The van der Waals surface area contributed by atoms with Crippen molar-refractivity contribution in [1.29, 1.82) is 0 Å². The standard InChI is InChI=1S/C12H16N2O2/c1-13-11(12(15)14(2)16-3)9-10-7-5-4-6-8-10/h4-9,13H,1-3H3/b11-9+. The van der Waals surface area contributed by atoms with Gasteiger partial charge in [0.05, 0.1) is 7.11 Å². The molecule has 4 nitrogen and oxygen atoms in total. The molecule has 1 aromatic carbocycles. The smallest absolute Gasteiger partial charge is 0.293 e. The molecule has 0 aliphatic heterocycles. The highest BCUT2D eigenvalue weighted by molar-refractivity contribution is 5.96. The number of amides is 1. The summed E-state index contributed by atoms with van der Waals surface area (Å²) in [5.74, 6) is -0.214. The Bertz CT molecular complexity index is 374. The molecule has 1 aromatic rings. The number of hydrogen-bond donors (Lipinski definition) is 1. The van der Waals surface area contributed by atoms with E-state index in [2.05, 4.69) is 5.32 Å². The molecule has 0 spiro atoms. The summed E-state index contributed by atoms with van der Waals surface area (Å²) in [5, 5.41) is 4.03. The lowest BCUT2D eigenvalue weighted by atomic mass is 10.2. The average molecular weight is 220 g/mol. The molecule has 16 heavy (non-hydrogen) atoms. The Morgan fingerprint density at radius 2 is 2.00 bits per heavy atom. The summed E-state index contributed by atoms with van der Waals surface area (Å²) in [5.41, 5.74) is 1.44. The van der Waals surface area contributed by atoms with Crippen molar-refractivity contribution in [3.8, 4) is 0 Å². The molecule has 0 fully saturated rings. The molecule has 0 aliphatic carbocycles. The Morgan fingerprint density at radius 3 is 2.50 bits per heavy atom. The number of nitrogens with zero attached hydrogens (tertiary/aromatic N) is 1. The van der Waals surface area contributed by atoms with E-state index in [1.807, 2.05) is 30.3 Å². The monoisotopic (exact) mass is 220 g/mol. The summed E-state index contributed by atoms with van der Waals surface area (Å²) in [6.07, 6.45) is 1.78. The van der Waals surface area contributed by atoms with Gasteiger partial charge in [-0.1, -0.05) is 30.3 Å². The fraction of sp³-hybridized carbons (Fsp3) is 0.250. The van der Waals surface area contributed by atoms with Gasteiger partial charge in [0.25, 0.3) is 5.91 Å². The first-order chi connectivity index (χ1) is 7.69. The number of hydrogen-bond acceptors (Lipinski definition) is 3. The number of rotatable bonds is 4. The second-order valence-electron chi connectivity index (χ2n) is 3.20. The number of carbonyl (C=O) groups is 1. The molecule has 1 N–H and O–H groups in total. The first kappa shape index (κ1) is 12.3. The fourth-order valence-electron chi connectivity index (χ4n) is 1.21. The normalized spacial score (nSPS) is 11.1. The Balaban J connectivity index is 2.90. The molecule has 0 bridgehead atoms. The summed E-state index contributed by atoms with van der Waals surface area (Å²) in [6.45, 7) is 0. The molecule has 0 aromatic heterocycles. The van der Waals surface area contributed by atoms with Crippen LogP contribution in [0.1, 0.15) is 5.56 Å². The zero-order valence-corrected chi connectivity index (χ0v) is 9.73. The van der Waals surface area contributed by atoms with Crippen LogP contribution in [0.3, 0.4) is 0 Å². The van der Waals surface area contributed by atoms with Crippen molar-refractivity contribution in [2.24, 2.45) is 0 Å². The number of benzene rings is 1. The van der Waals surface area contributed by atoms with Crippen LogP contribution in [0.15, 0.2) is 36.0 Å². The Kier molecular flexibility index (Phi) is 4.54. The largest absolute Gasteiger partial charge is 0.384 e. The second-order valence-corrected chi connectivity index (χ2v) is 3.20. The third-order valence-corrected chi connectivity index (χ3v) is 2.17. The topological polar surface area (TPSA) is 41.6 Å². The highest BCUT2D eigenvalue weighted by Gasteiger charge is 2.12. The van der Waals surface area contributed by atoms with E-state index in [0.717, 1.165) is 5.56 Å². The third-order valence-electron chi connectivity index (χ3n) is 2.17. The van der Waals surface area contributed by atoms with Gasteiger partial charge in [-0.2, -0.15) is 0 Å². The van der Waals surface area contributed by atoms with Crippen molar-refractivity contribution in [2.45, 2.75) is 0 Å². The summed E-state index contributed by atoms with van der Waals surface area (Å²) in [7, 11) is 4.72. The van der Waals surface area contributed by atoms with Gasteiger partial charge in [0.1, 0.15) is 5.70 Å². The maximum Gasteiger partial charge on any atom is 0.293 e. The van der Waals surface area contributed by atoms with Crippen LogP contribution in [0.5, 0.6) is 0 Å². The van der Waals surface area contributed by atoms with Gasteiger partial charge in [-0.05, 0) is 11.6 Å². The van der Waals surface area contributed by atoms with Crippen molar-refractivity contribution in [1.82, 2.24) is 10.4 Å². The predicted octanol–water partition coefficient (Wildman–Crippen LogP) is 1.27. The first-order valence-corrected chi connectivity index (χ1v) is 4.95. The van der Waals surface area contributed by atoms with Gasteiger partial charge < -0.3 is 5.32 Å². The molecule has 0 saturated heterocycles. The molecular formula is C12H16N2O2. The maximum absolute atomic E-state index is 11.8. The Hall–Kier alpha value is -1.81. The van der Waals surface area contributed by atoms with Crippen LogP contribution < -0.4 is 5.32 Å². The predicted molar refractivity (Wildman–Crippen MR) is 63.3 cm³/mol. The minimum absolute atomic E-state index is 0.214. The lowest BCUT2D eigenvalue weighted by molar-refractivity contribution is -0.164. The highest BCUT2D eigenvalue weighted by atomic mass is 16.7. The van der Waals surface area contributed by atoms with Crippen molar-refractivity contribution in [3.63, 3.8) is 0 Å². The molecule has 0 radical (unpaired) electrons. The molecule has 0 aliphatic rings. The molecule has 0 saturated carbocycles. The average Bonchev–Trinajstić information content (AvgIpc) is 2.35. The molecule has 0 atom stereocenters. The van der Waals surface area contributed by atoms with Gasteiger partial charge in [0.15, 0.2) is 0 Å². The summed E-state index contributed by atoms with van der Waals surface area (Å²) in [6, 6.07) is 9.63. The van der Waals surface area contributed by atoms with Crippen LogP contribution in [0.2, 0.25) is 0 Å². The van der Waals surface area contributed by atoms with Crippen molar-refractivity contribution in [3.05, 3.63) is 41.6 Å². The van der Waals surface area contributed by atoms with Crippen molar-refractivity contribution < 1.29 is 9.63 Å². The zero-order valence-electron chi connectivity index (χ0n) is 9.73. The highest BCUT2D eigenvalue weighted by Crippen LogP contribution is 2.06. The van der Waals surface area contributed by atoms with E-state index >= 15 is 0 Å². The van der Waals surface area contributed by atoms with Crippen LogP contribution in [0.25, 0.3) is 6.08 Å². The van der Waals surface area contributed by atoms with Gasteiger partial charge in [-0.25, -0.2) is 5.06 Å².